The van der Waals surface area contributed by atoms with Gasteiger partial charge in [-0.15, -0.1) is 0 Å². The van der Waals surface area contributed by atoms with E-state index in [9.17, 15) is 5.11 Å². The van der Waals surface area contributed by atoms with Gasteiger partial charge in [0, 0.05) is 37.4 Å². The van der Waals surface area contributed by atoms with Crippen LogP contribution in [0, 0.1) is 12.3 Å². The average molecular weight is 267 g/mol. The van der Waals surface area contributed by atoms with E-state index in [2.05, 4.69) is 12.0 Å². The highest BCUT2D eigenvalue weighted by Gasteiger charge is 2.40. The summed E-state index contributed by atoms with van der Waals surface area (Å²) >= 11 is 0. The van der Waals surface area contributed by atoms with Gasteiger partial charge in [0.15, 0.2) is 0 Å². The number of nitrogens with two attached hydrogens (primary N) is 1. The van der Waals surface area contributed by atoms with Crippen molar-refractivity contribution in [2.75, 3.05) is 19.8 Å². The van der Waals surface area contributed by atoms with Crippen LogP contribution in [0.5, 0.6) is 0 Å². The summed E-state index contributed by atoms with van der Waals surface area (Å²) in [4.78, 5) is 0. The summed E-state index contributed by atoms with van der Waals surface area (Å²) in [6, 6.07) is 1.98. The SMILES string of the molecule is CCCn1nc(C(O)C2(CN)CCOCC2)cc1C. The fourth-order valence-electron chi connectivity index (χ4n) is 2.79. The molecule has 0 spiro atoms. The molecule has 1 unspecified atom stereocenters. The van der Waals surface area contributed by atoms with Gasteiger partial charge in [0.05, 0.1) is 5.69 Å². The molecule has 19 heavy (non-hydrogen) atoms. The first-order valence-electron chi connectivity index (χ1n) is 7.13. The van der Waals surface area contributed by atoms with Crippen molar-refractivity contribution in [3.63, 3.8) is 0 Å². The maximum Gasteiger partial charge on any atom is 0.105 e. The lowest BCUT2D eigenvalue weighted by Crippen LogP contribution is -2.41. The topological polar surface area (TPSA) is 73.3 Å². The first kappa shape index (κ1) is 14.5. The van der Waals surface area contributed by atoms with Gasteiger partial charge in [0.1, 0.15) is 6.10 Å². The number of aromatic nitrogens is 2. The third-order valence-electron chi connectivity index (χ3n) is 4.19. The Labute approximate surface area is 114 Å². The monoisotopic (exact) mass is 267 g/mol. The van der Waals surface area contributed by atoms with Gasteiger partial charge >= 0.3 is 0 Å². The van der Waals surface area contributed by atoms with Crippen LogP contribution < -0.4 is 5.73 Å². The second-order valence-corrected chi connectivity index (χ2v) is 5.52. The van der Waals surface area contributed by atoms with Crippen molar-refractivity contribution in [3.05, 3.63) is 17.5 Å². The second-order valence-electron chi connectivity index (χ2n) is 5.52. The van der Waals surface area contributed by atoms with Crippen molar-refractivity contribution in [1.29, 1.82) is 0 Å². The van der Waals surface area contributed by atoms with Gasteiger partial charge in [-0.25, -0.2) is 0 Å². The molecule has 1 atom stereocenters. The van der Waals surface area contributed by atoms with Crippen LogP contribution >= 0.6 is 0 Å². The number of hydrogen-bond donors (Lipinski definition) is 2. The Kier molecular flexibility index (Phi) is 4.60. The normalized spacial score (nSPS) is 20.4. The molecule has 1 saturated heterocycles. The fraction of sp³-hybridized carbons (Fsp3) is 0.786. The Morgan fingerprint density at radius 2 is 2.21 bits per heavy atom. The van der Waals surface area contributed by atoms with Crippen molar-refractivity contribution < 1.29 is 9.84 Å². The van der Waals surface area contributed by atoms with Crippen molar-refractivity contribution in [1.82, 2.24) is 9.78 Å². The molecule has 0 amide bonds. The molecule has 0 saturated carbocycles. The zero-order chi connectivity index (χ0) is 13.9. The smallest absolute Gasteiger partial charge is 0.105 e. The van der Waals surface area contributed by atoms with E-state index in [0.29, 0.717) is 19.8 Å². The maximum absolute atomic E-state index is 10.7. The van der Waals surface area contributed by atoms with E-state index in [1.54, 1.807) is 0 Å². The van der Waals surface area contributed by atoms with Crippen LogP contribution in [0.4, 0.5) is 0 Å². The standard InChI is InChI=1S/C14H25N3O2/c1-3-6-17-11(2)9-12(16-17)13(18)14(10-15)4-7-19-8-5-14/h9,13,18H,3-8,10,15H2,1-2H3. The Bertz CT molecular complexity index is 411. The molecule has 0 radical (unpaired) electrons. The largest absolute Gasteiger partial charge is 0.386 e. The molecule has 5 nitrogen and oxygen atoms in total. The van der Waals surface area contributed by atoms with Gasteiger partial charge in [-0.1, -0.05) is 6.92 Å². The van der Waals surface area contributed by atoms with Gasteiger partial charge in [0.25, 0.3) is 0 Å². The predicted molar refractivity (Wildman–Crippen MR) is 73.8 cm³/mol. The van der Waals surface area contributed by atoms with Gasteiger partial charge in [-0.2, -0.15) is 5.10 Å². The summed E-state index contributed by atoms with van der Waals surface area (Å²) in [6.07, 6.45) is 2.03. The molecule has 5 heteroatoms. The fourth-order valence-corrected chi connectivity index (χ4v) is 2.79. The van der Waals surface area contributed by atoms with Crippen LogP contribution in [0.15, 0.2) is 6.07 Å². The number of aliphatic hydroxyl groups is 1. The average Bonchev–Trinajstić information content (AvgIpc) is 2.80. The minimum absolute atomic E-state index is 0.282. The van der Waals surface area contributed by atoms with Gasteiger partial charge < -0.3 is 15.6 Å². The predicted octanol–water partition coefficient (Wildman–Crippen LogP) is 1.39. The number of aryl methyl sites for hydroxylation is 2. The maximum atomic E-state index is 10.7. The quantitative estimate of drug-likeness (QED) is 0.845. The lowest BCUT2D eigenvalue weighted by molar-refractivity contribution is -0.0599. The molecule has 1 aromatic heterocycles. The zero-order valence-electron chi connectivity index (χ0n) is 11.9. The van der Waals surface area contributed by atoms with Gasteiger partial charge in [0.2, 0.25) is 0 Å². The lowest BCUT2D eigenvalue weighted by atomic mass is 9.74. The van der Waals surface area contributed by atoms with E-state index < -0.39 is 6.10 Å². The summed E-state index contributed by atoms with van der Waals surface area (Å²) in [5, 5.41) is 15.2. The highest BCUT2D eigenvalue weighted by atomic mass is 16.5. The van der Waals surface area contributed by atoms with Crippen LogP contribution in [0.3, 0.4) is 0 Å². The Balaban J connectivity index is 2.21. The van der Waals surface area contributed by atoms with Crippen molar-refractivity contribution in [3.8, 4) is 0 Å². The molecular weight excluding hydrogens is 242 g/mol. The van der Waals surface area contributed by atoms with Crippen LogP contribution in [0.25, 0.3) is 0 Å². The number of ether oxygens (including phenoxy) is 1. The van der Waals surface area contributed by atoms with Crippen molar-refractivity contribution in [2.45, 2.75) is 45.8 Å². The molecule has 1 aliphatic rings. The molecule has 2 heterocycles. The molecule has 3 N–H and O–H groups in total. The number of nitrogens with zero attached hydrogens (tertiary/aromatic N) is 2. The molecule has 1 fully saturated rings. The molecular formula is C14H25N3O2. The lowest BCUT2D eigenvalue weighted by Gasteiger charge is -2.39. The highest BCUT2D eigenvalue weighted by molar-refractivity contribution is 5.15. The zero-order valence-corrected chi connectivity index (χ0v) is 11.9. The Hall–Kier alpha value is -0.910. The first-order valence-corrected chi connectivity index (χ1v) is 7.13. The van der Waals surface area contributed by atoms with Crippen LogP contribution in [0.2, 0.25) is 0 Å². The van der Waals surface area contributed by atoms with E-state index in [1.807, 2.05) is 17.7 Å². The highest BCUT2D eigenvalue weighted by Crippen LogP contribution is 2.41. The van der Waals surface area contributed by atoms with Crippen molar-refractivity contribution in [2.24, 2.45) is 11.1 Å². The van der Waals surface area contributed by atoms with Crippen LogP contribution in [-0.2, 0) is 11.3 Å². The molecule has 1 aliphatic heterocycles. The summed E-state index contributed by atoms with van der Waals surface area (Å²) in [5.74, 6) is 0. The van der Waals surface area contributed by atoms with E-state index in [0.717, 1.165) is 37.2 Å². The van der Waals surface area contributed by atoms with Gasteiger partial charge in [-0.3, -0.25) is 4.68 Å². The third kappa shape index (κ3) is 2.83. The third-order valence-corrected chi connectivity index (χ3v) is 4.19. The molecule has 0 aliphatic carbocycles. The van der Waals surface area contributed by atoms with Crippen molar-refractivity contribution >= 4 is 0 Å². The number of rotatable bonds is 5. The Morgan fingerprint density at radius 1 is 1.53 bits per heavy atom. The van der Waals surface area contributed by atoms with E-state index in [1.165, 1.54) is 0 Å². The first-order chi connectivity index (χ1) is 9.13. The second kappa shape index (κ2) is 6.03. The molecule has 1 aromatic rings. The van der Waals surface area contributed by atoms with E-state index in [-0.39, 0.29) is 5.41 Å². The molecule has 0 aromatic carbocycles. The molecule has 108 valence electrons. The Morgan fingerprint density at radius 3 is 2.79 bits per heavy atom. The summed E-state index contributed by atoms with van der Waals surface area (Å²) < 4.78 is 7.35. The number of aliphatic hydroxyl groups excluding tert-OH is 1. The number of hydrogen-bond acceptors (Lipinski definition) is 4. The molecule has 2 rings (SSSR count). The summed E-state index contributed by atoms with van der Waals surface area (Å²) in [7, 11) is 0. The van der Waals surface area contributed by atoms with Crippen LogP contribution in [-0.4, -0.2) is 34.6 Å². The summed E-state index contributed by atoms with van der Waals surface area (Å²) in [5.41, 5.74) is 7.49. The van der Waals surface area contributed by atoms with Crippen LogP contribution in [0.1, 0.15) is 43.7 Å². The van der Waals surface area contributed by atoms with E-state index in [4.69, 9.17) is 10.5 Å². The van der Waals surface area contributed by atoms with Gasteiger partial charge in [-0.05, 0) is 32.3 Å². The minimum Gasteiger partial charge on any atom is -0.386 e. The summed E-state index contributed by atoms with van der Waals surface area (Å²) in [6.45, 7) is 6.84. The minimum atomic E-state index is -0.599. The van der Waals surface area contributed by atoms with E-state index >= 15 is 0 Å². The molecule has 0 bridgehead atoms.